The SMILES string of the molecule is CCCCOc1ccc(C2c3c(-c4ccc(C)cc4)nn(C)c3C(=O)N2CCc2ccccc2)cc1. The molecule has 1 aromatic heterocycles. The van der Waals surface area contributed by atoms with E-state index in [0.29, 0.717) is 18.8 Å². The van der Waals surface area contributed by atoms with Gasteiger partial charge in [0.15, 0.2) is 0 Å². The Bertz CT molecular complexity index is 1330. The van der Waals surface area contributed by atoms with Crippen molar-refractivity contribution < 1.29 is 9.53 Å². The van der Waals surface area contributed by atoms with Crippen molar-refractivity contribution in [2.75, 3.05) is 13.2 Å². The van der Waals surface area contributed by atoms with Crippen molar-refractivity contribution in [3.8, 4) is 17.0 Å². The predicted octanol–water partition coefficient (Wildman–Crippen LogP) is 6.36. The molecule has 5 rings (SSSR count). The molecule has 0 bridgehead atoms. The summed E-state index contributed by atoms with van der Waals surface area (Å²) in [6.45, 7) is 5.58. The van der Waals surface area contributed by atoms with E-state index in [9.17, 15) is 4.79 Å². The summed E-state index contributed by atoms with van der Waals surface area (Å²) in [5.41, 5.74) is 7.04. The number of aromatic nitrogens is 2. The molecule has 3 aromatic carbocycles. The van der Waals surface area contributed by atoms with E-state index in [4.69, 9.17) is 9.84 Å². The van der Waals surface area contributed by atoms with Gasteiger partial charge in [-0.05, 0) is 43.0 Å². The second kappa shape index (κ2) is 10.4. The molecule has 0 spiro atoms. The lowest BCUT2D eigenvalue weighted by molar-refractivity contribution is 0.0742. The maximum atomic E-state index is 13.8. The predicted molar refractivity (Wildman–Crippen MR) is 143 cm³/mol. The highest BCUT2D eigenvalue weighted by molar-refractivity contribution is 6.00. The number of carbonyl (C=O) groups is 1. The summed E-state index contributed by atoms with van der Waals surface area (Å²) in [4.78, 5) is 15.8. The Morgan fingerprint density at radius 1 is 0.944 bits per heavy atom. The van der Waals surface area contributed by atoms with Crippen LogP contribution in [0.3, 0.4) is 0 Å². The third-order valence-corrected chi connectivity index (χ3v) is 6.90. The summed E-state index contributed by atoms with van der Waals surface area (Å²) in [5.74, 6) is 0.889. The Morgan fingerprint density at radius 3 is 2.36 bits per heavy atom. The van der Waals surface area contributed by atoms with E-state index < -0.39 is 0 Å². The first-order chi connectivity index (χ1) is 17.6. The van der Waals surface area contributed by atoms with Crippen molar-refractivity contribution in [1.29, 1.82) is 0 Å². The van der Waals surface area contributed by atoms with Crippen LogP contribution in [0.25, 0.3) is 11.3 Å². The number of benzene rings is 3. The molecule has 184 valence electrons. The smallest absolute Gasteiger partial charge is 0.273 e. The zero-order valence-corrected chi connectivity index (χ0v) is 21.3. The quantitative estimate of drug-likeness (QED) is 0.262. The van der Waals surface area contributed by atoms with Crippen molar-refractivity contribution in [3.63, 3.8) is 0 Å². The van der Waals surface area contributed by atoms with Gasteiger partial charge >= 0.3 is 0 Å². The van der Waals surface area contributed by atoms with Gasteiger partial charge in [0.25, 0.3) is 5.91 Å². The van der Waals surface area contributed by atoms with Gasteiger partial charge in [-0.15, -0.1) is 0 Å². The number of nitrogens with zero attached hydrogens (tertiary/aromatic N) is 3. The molecule has 5 nitrogen and oxygen atoms in total. The lowest BCUT2D eigenvalue weighted by Crippen LogP contribution is -2.32. The van der Waals surface area contributed by atoms with Crippen LogP contribution in [0.5, 0.6) is 5.75 Å². The first-order valence-corrected chi connectivity index (χ1v) is 12.8. The van der Waals surface area contributed by atoms with E-state index in [1.807, 2.05) is 42.3 Å². The van der Waals surface area contributed by atoms with Crippen LogP contribution in [0, 0.1) is 6.92 Å². The summed E-state index contributed by atoms with van der Waals surface area (Å²) in [6, 6.07) is 26.7. The maximum Gasteiger partial charge on any atom is 0.273 e. The van der Waals surface area contributed by atoms with Crippen molar-refractivity contribution in [2.24, 2.45) is 7.05 Å². The highest BCUT2D eigenvalue weighted by atomic mass is 16.5. The van der Waals surface area contributed by atoms with Gasteiger partial charge in [0, 0.05) is 24.7 Å². The molecule has 36 heavy (non-hydrogen) atoms. The third-order valence-electron chi connectivity index (χ3n) is 6.90. The minimum absolute atomic E-state index is 0.0302. The van der Waals surface area contributed by atoms with E-state index in [0.717, 1.165) is 47.4 Å². The van der Waals surface area contributed by atoms with Crippen molar-refractivity contribution in [3.05, 3.63) is 107 Å². The van der Waals surface area contributed by atoms with Gasteiger partial charge < -0.3 is 9.64 Å². The molecule has 1 amide bonds. The monoisotopic (exact) mass is 479 g/mol. The van der Waals surface area contributed by atoms with Gasteiger partial charge in [0.1, 0.15) is 11.4 Å². The highest BCUT2D eigenvalue weighted by Crippen LogP contribution is 2.44. The molecular formula is C31H33N3O2. The van der Waals surface area contributed by atoms with Crippen molar-refractivity contribution in [2.45, 2.75) is 39.2 Å². The molecular weight excluding hydrogens is 446 g/mol. The van der Waals surface area contributed by atoms with Crippen LogP contribution in [0.2, 0.25) is 0 Å². The second-order valence-electron chi connectivity index (χ2n) is 9.51. The Labute approximate surface area is 213 Å². The van der Waals surface area contributed by atoms with Gasteiger partial charge in [-0.2, -0.15) is 5.10 Å². The number of fused-ring (bicyclic) bond motifs is 1. The minimum atomic E-state index is -0.203. The second-order valence-corrected chi connectivity index (χ2v) is 9.51. The van der Waals surface area contributed by atoms with Gasteiger partial charge in [0.05, 0.1) is 18.3 Å². The molecule has 1 aliphatic rings. The largest absolute Gasteiger partial charge is 0.494 e. The Kier molecular flexibility index (Phi) is 6.90. The number of hydrogen-bond donors (Lipinski definition) is 0. The molecule has 0 aliphatic carbocycles. The highest BCUT2D eigenvalue weighted by Gasteiger charge is 2.43. The summed E-state index contributed by atoms with van der Waals surface area (Å²) < 4.78 is 7.65. The molecule has 4 aromatic rings. The Morgan fingerprint density at radius 2 is 1.67 bits per heavy atom. The summed E-state index contributed by atoms with van der Waals surface area (Å²) in [6.07, 6.45) is 2.93. The normalized spacial score (nSPS) is 14.8. The number of carbonyl (C=O) groups excluding carboxylic acids is 1. The first kappa shape index (κ1) is 23.9. The summed E-state index contributed by atoms with van der Waals surface area (Å²) >= 11 is 0. The van der Waals surface area contributed by atoms with Crippen molar-refractivity contribution >= 4 is 5.91 Å². The molecule has 0 N–H and O–H groups in total. The van der Waals surface area contributed by atoms with Gasteiger partial charge in [-0.3, -0.25) is 9.48 Å². The number of aryl methyl sites for hydroxylation is 2. The Balaban J connectivity index is 1.54. The maximum absolute atomic E-state index is 13.8. The standard InChI is InChI=1S/C31H33N3O2/c1-4-5-21-36-26-17-15-25(16-18-26)29-27-28(24-13-11-22(2)12-14-24)32-33(3)30(27)31(35)34(29)20-19-23-9-7-6-8-10-23/h6-18,29H,4-5,19-21H2,1-3H3. The van der Waals surface area contributed by atoms with Crippen LogP contribution in [0.4, 0.5) is 0 Å². The van der Waals surface area contributed by atoms with Gasteiger partial charge in [0.2, 0.25) is 0 Å². The average molecular weight is 480 g/mol. The zero-order chi connectivity index (χ0) is 25.1. The zero-order valence-electron chi connectivity index (χ0n) is 21.3. The minimum Gasteiger partial charge on any atom is -0.494 e. The molecule has 1 atom stereocenters. The number of amides is 1. The fourth-order valence-corrected chi connectivity index (χ4v) is 4.94. The summed E-state index contributed by atoms with van der Waals surface area (Å²) in [7, 11) is 1.87. The molecule has 1 unspecified atom stereocenters. The lowest BCUT2D eigenvalue weighted by Gasteiger charge is -2.27. The van der Waals surface area contributed by atoms with Gasteiger partial charge in [-0.1, -0.05) is 85.6 Å². The van der Waals surface area contributed by atoms with E-state index >= 15 is 0 Å². The molecule has 2 heterocycles. The van der Waals surface area contributed by atoms with Crippen LogP contribution >= 0.6 is 0 Å². The fourth-order valence-electron chi connectivity index (χ4n) is 4.94. The van der Waals surface area contributed by atoms with Crippen LogP contribution in [0.15, 0.2) is 78.9 Å². The van der Waals surface area contributed by atoms with Gasteiger partial charge in [-0.25, -0.2) is 0 Å². The summed E-state index contributed by atoms with van der Waals surface area (Å²) in [5, 5.41) is 4.82. The number of hydrogen-bond acceptors (Lipinski definition) is 3. The van der Waals surface area contributed by atoms with Crippen LogP contribution in [0.1, 0.15) is 58.5 Å². The Hall–Kier alpha value is -3.86. The molecule has 1 aliphatic heterocycles. The number of ether oxygens (including phenoxy) is 1. The fraction of sp³-hybridized carbons (Fsp3) is 0.290. The van der Waals surface area contributed by atoms with E-state index in [1.165, 1.54) is 11.1 Å². The number of rotatable bonds is 9. The molecule has 0 fully saturated rings. The molecule has 0 radical (unpaired) electrons. The van der Waals surface area contributed by atoms with E-state index in [-0.39, 0.29) is 11.9 Å². The first-order valence-electron chi connectivity index (χ1n) is 12.8. The topological polar surface area (TPSA) is 47.4 Å². The average Bonchev–Trinajstić information content (AvgIpc) is 3.39. The van der Waals surface area contributed by atoms with Crippen molar-refractivity contribution in [1.82, 2.24) is 14.7 Å². The van der Waals surface area contributed by atoms with Crippen LogP contribution < -0.4 is 4.74 Å². The van der Waals surface area contributed by atoms with E-state index in [1.54, 1.807) is 4.68 Å². The molecule has 0 saturated heterocycles. The molecule has 0 saturated carbocycles. The van der Waals surface area contributed by atoms with E-state index in [2.05, 4.69) is 62.4 Å². The number of unbranched alkanes of at least 4 members (excludes halogenated alkanes) is 1. The van der Waals surface area contributed by atoms with Crippen LogP contribution in [-0.2, 0) is 13.5 Å². The van der Waals surface area contributed by atoms with Crippen LogP contribution in [-0.4, -0.2) is 33.7 Å². The lowest BCUT2D eigenvalue weighted by atomic mass is 9.95. The third kappa shape index (κ3) is 4.66. The molecule has 5 heteroatoms.